The van der Waals surface area contributed by atoms with Gasteiger partial charge in [-0.1, -0.05) is 24.3 Å². The summed E-state index contributed by atoms with van der Waals surface area (Å²) in [4.78, 5) is 0. The number of nitrogen functional groups attached to an aromatic ring is 1. The van der Waals surface area contributed by atoms with Gasteiger partial charge in [-0.2, -0.15) is 5.10 Å². The summed E-state index contributed by atoms with van der Waals surface area (Å²) in [6.45, 7) is 0. The van der Waals surface area contributed by atoms with Gasteiger partial charge in [-0.05, 0) is 24.3 Å². The molecular weight excluding hydrogens is 198 g/mol. The van der Waals surface area contributed by atoms with Crippen LogP contribution in [0.15, 0.2) is 30.5 Å². The number of aryl methyl sites for hydroxylation is 1. The van der Waals surface area contributed by atoms with Crippen LogP contribution in [0.3, 0.4) is 0 Å². The maximum atomic E-state index is 5.98. The predicted molar refractivity (Wildman–Crippen MR) is 65.0 cm³/mol. The van der Waals surface area contributed by atoms with E-state index in [2.05, 4.69) is 29.4 Å². The highest BCUT2D eigenvalue weighted by molar-refractivity contribution is 5.75. The van der Waals surface area contributed by atoms with Gasteiger partial charge in [0, 0.05) is 12.6 Å². The van der Waals surface area contributed by atoms with Crippen LogP contribution in [0.25, 0.3) is 11.3 Å². The highest BCUT2D eigenvalue weighted by atomic mass is 15.3. The zero-order valence-electron chi connectivity index (χ0n) is 9.35. The highest BCUT2D eigenvalue weighted by Crippen LogP contribution is 2.44. The van der Waals surface area contributed by atoms with E-state index >= 15 is 0 Å². The lowest BCUT2D eigenvalue weighted by atomic mass is 10.00. The van der Waals surface area contributed by atoms with Crippen LogP contribution in [0.1, 0.15) is 24.3 Å². The molecule has 1 saturated carbocycles. The highest BCUT2D eigenvalue weighted by Gasteiger charge is 2.27. The van der Waals surface area contributed by atoms with Gasteiger partial charge in [0.05, 0.1) is 17.6 Å². The monoisotopic (exact) mass is 213 g/mol. The van der Waals surface area contributed by atoms with Crippen LogP contribution >= 0.6 is 0 Å². The largest absolute Gasteiger partial charge is 0.396 e. The molecule has 0 bridgehead atoms. The number of hydrogen-bond acceptors (Lipinski definition) is 2. The molecule has 1 fully saturated rings. The van der Waals surface area contributed by atoms with E-state index in [-0.39, 0.29) is 0 Å². The molecule has 1 aliphatic rings. The van der Waals surface area contributed by atoms with Crippen molar-refractivity contribution in [3.05, 3.63) is 36.0 Å². The fourth-order valence-electron chi connectivity index (χ4n) is 2.25. The summed E-state index contributed by atoms with van der Waals surface area (Å²) in [5.41, 5.74) is 10.4. The van der Waals surface area contributed by atoms with Crippen LogP contribution in [0.5, 0.6) is 0 Å². The number of nitrogens with two attached hydrogens (primary N) is 1. The minimum atomic E-state index is 0.727. The van der Waals surface area contributed by atoms with E-state index in [1.807, 2.05) is 11.7 Å². The Hall–Kier alpha value is -1.77. The summed E-state index contributed by atoms with van der Waals surface area (Å²) in [7, 11) is 1.94. The number of rotatable bonds is 2. The fourth-order valence-corrected chi connectivity index (χ4v) is 2.25. The van der Waals surface area contributed by atoms with Gasteiger partial charge in [0.2, 0.25) is 0 Å². The lowest BCUT2D eigenvalue weighted by Gasteiger charge is -2.09. The van der Waals surface area contributed by atoms with E-state index in [1.54, 1.807) is 6.20 Å². The van der Waals surface area contributed by atoms with Crippen molar-refractivity contribution < 1.29 is 0 Å². The van der Waals surface area contributed by atoms with E-state index in [0.717, 1.165) is 17.3 Å². The zero-order valence-corrected chi connectivity index (χ0v) is 9.35. The van der Waals surface area contributed by atoms with Crippen molar-refractivity contribution in [2.24, 2.45) is 7.05 Å². The molecular formula is C13H15N3. The number of aromatic nitrogens is 2. The van der Waals surface area contributed by atoms with Gasteiger partial charge >= 0.3 is 0 Å². The molecule has 0 amide bonds. The van der Waals surface area contributed by atoms with Gasteiger partial charge < -0.3 is 5.73 Å². The second kappa shape index (κ2) is 3.37. The van der Waals surface area contributed by atoms with Gasteiger partial charge in [-0.15, -0.1) is 0 Å². The van der Waals surface area contributed by atoms with Gasteiger partial charge in [-0.3, -0.25) is 4.68 Å². The first-order valence-corrected chi connectivity index (χ1v) is 5.64. The molecule has 0 spiro atoms. The molecule has 0 aliphatic heterocycles. The zero-order chi connectivity index (χ0) is 11.1. The molecule has 0 unspecified atom stereocenters. The van der Waals surface area contributed by atoms with E-state index in [9.17, 15) is 0 Å². The first kappa shape index (κ1) is 9.46. The summed E-state index contributed by atoms with van der Waals surface area (Å²) in [6, 6.07) is 8.51. The van der Waals surface area contributed by atoms with E-state index in [0.29, 0.717) is 0 Å². The molecule has 1 aliphatic carbocycles. The number of hydrogen-bond donors (Lipinski definition) is 1. The molecule has 2 aromatic rings. The summed E-state index contributed by atoms with van der Waals surface area (Å²) < 4.78 is 1.86. The van der Waals surface area contributed by atoms with Crippen molar-refractivity contribution >= 4 is 5.69 Å². The molecule has 1 heterocycles. The predicted octanol–water partition coefficient (Wildman–Crippen LogP) is 2.55. The molecule has 2 N–H and O–H groups in total. The molecule has 1 aromatic carbocycles. The topological polar surface area (TPSA) is 43.8 Å². The van der Waals surface area contributed by atoms with Crippen LogP contribution in [0.2, 0.25) is 0 Å². The Balaban J connectivity index is 2.19. The lowest BCUT2D eigenvalue weighted by molar-refractivity contribution is 0.775. The minimum absolute atomic E-state index is 0.727. The minimum Gasteiger partial charge on any atom is -0.396 e. The molecule has 1 aromatic heterocycles. The normalized spacial score (nSPS) is 15.3. The molecule has 0 atom stereocenters. The summed E-state index contributed by atoms with van der Waals surface area (Å²) in [5, 5.41) is 4.21. The van der Waals surface area contributed by atoms with Gasteiger partial charge in [-0.25, -0.2) is 0 Å². The molecule has 82 valence electrons. The molecule has 16 heavy (non-hydrogen) atoms. The van der Waals surface area contributed by atoms with Crippen molar-refractivity contribution in [2.45, 2.75) is 18.8 Å². The lowest BCUT2D eigenvalue weighted by Crippen LogP contribution is -1.98. The van der Waals surface area contributed by atoms with Crippen LogP contribution < -0.4 is 5.73 Å². The molecule has 3 heteroatoms. The Morgan fingerprint density at radius 1 is 1.31 bits per heavy atom. The fraction of sp³-hybridized carbons (Fsp3) is 0.308. The standard InChI is InChI=1S/C13H15N3/c1-16-13(12(14)8-15-16)11-5-3-2-4-10(11)9-6-7-9/h2-5,8-9H,6-7,14H2,1H3. The van der Waals surface area contributed by atoms with Crippen LogP contribution in [0, 0.1) is 0 Å². The van der Waals surface area contributed by atoms with Crippen molar-refractivity contribution in [1.29, 1.82) is 0 Å². The average molecular weight is 213 g/mol. The Morgan fingerprint density at radius 3 is 2.69 bits per heavy atom. The number of nitrogens with zero attached hydrogens (tertiary/aromatic N) is 2. The first-order chi connectivity index (χ1) is 7.77. The molecule has 0 saturated heterocycles. The third kappa shape index (κ3) is 1.40. The van der Waals surface area contributed by atoms with Gasteiger partial charge in [0.15, 0.2) is 0 Å². The molecule has 0 radical (unpaired) electrons. The van der Waals surface area contributed by atoms with E-state index < -0.39 is 0 Å². The third-order valence-corrected chi connectivity index (χ3v) is 3.20. The van der Waals surface area contributed by atoms with Crippen molar-refractivity contribution in [3.63, 3.8) is 0 Å². The van der Waals surface area contributed by atoms with Crippen molar-refractivity contribution in [3.8, 4) is 11.3 Å². The second-order valence-corrected chi connectivity index (χ2v) is 4.43. The average Bonchev–Trinajstić information content (AvgIpc) is 3.07. The Labute approximate surface area is 94.9 Å². The van der Waals surface area contributed by atoms with Crippen molar-refractivity contribution in [2.75, 3.05) is 5.73 Å². The smallest absolute Gasteiger partial charge is 0.0911 e. The summed E-state index contributed by atoms with van der Waals surface area (Å²) >= 11 is 0. The molecule has 3 nitrogen and oxygen atoms in total. The van der Waals surface area contributed by atoms with Crippen LogP contribution in [-0.2, 0) is 7.05 Å². The quantitative estimate of drug-likeness (QED) is 0.833. The number of benzene rings is 1. The van der Waals surface area contributed by atoms with Gasteiger partial charge in [0.1, 0.15) is 0 Å². The maximum Gasteiger partial charge on any atom is 0.0911 e. The van der Waals surface area contributed by atoms with Gasteiger partial charge in [0.25, 0.3) is 0 Å². The number of anilines is 1. The van der Waals surface area contributed by atoms with E-state index in [1.165, 1.54) is 24.0 Å². The Morgan fingerprint density at radius 2 is 2.06 bits per heavy atom. The Kier molecular flexibility index (Phi) is 1.99. The second-order valence-electron chi connectivity index (χ2n) is 4.43. The van der Waals surface area contributed by atoms with E-state index in [4.69, 9.17) is 5.73 Å². The van der Waals surface area contributed by atoms with Crippen molar-refractivity contribution in [1.82, 2.24) is 9.78 Å². The first-order valence-electron chi connectivity index (χ1n) is 5.64. The summed E-state index contributed by atoms with van der Waals surface area (Å²) in [5.74, 6) is 0.727. The SMILES string of the molecule is Cn1ncc(N)c1-c1ccccc1C1CC1. The summed E-state index contributed by atoms with van der Waals surface area (Å²) in [6.07, 6.45) is 4.32. The third-order valence-electron chi connectivity index (χ3n) is 3.20. The molecule has 3 rings (SSSR count). The maximum absolute atomic E-state index is 5.98. The van der Waals surface area contributed by atoms with Crippen LogP contribution in [0.4, 0.5) is 5.69 Å². The Bertz CT molecular complexity index is 504. The van der Waals surface area contributed by atoms with Crippen LogP contribution in [-0.4, -0.2) is 9.78 Å².